The van der Waals surface area contributed by atoms with Gasteiger partial charge in [-0.25, -0.2) is 9.67 Å². The molecule has 0 aliphatic carbocycles. The summed E-state index contributed by atoms with van der Waals surface area (Å²) in [5.74, 6) is -0.0728. The second kappa shape index (κ2) is 6.67. The molecule has 0 saturated heterocycles. The van der Waals surface area contributed by atoms with Gasteiger partial charge in [0.2, 0.25) is 0 Å². The van der Waals surface area contributed by atoms with Crippen LogP contribution in [0.25, 0.3) is 16.7 Å². The van der Waals surface area contributed by atoms with Crippen molar-refractivity contribution < 1.29 is 4.79 Å². The van der Waals surface area contributed by atoms with Crippen molar-refractivity contribution >= 4 is 16.9 Å². The van der Waals surface area contributed by atoms with Crippen LogP contribution in [0.15, 0.2) is 30.3 Å². The van der Waals surface area contributed by atoms with Gasteiger partial charge in [-0.2, -0.15) is 5.10 Å². The minimum atomic E-state index is -0.0728. The Balaban J connectivity index is 2.18. The summed E-state index contributed by atoms with van der Waals surface area (Å²) in [6.45, 7) is 9.94. The fourth-order valence-electron chi connectivity index (χ4n) is 2.86. The van der Waals surface area contributed by atoms with E-state index < -0.39 is 0 Å². The van der Waals surface area contributed by atoms with Gasteiger partial charge in [0.05, 0.1) is 22.3 Å². The largest absolute Gasteiger partial charge is 0.350 e. The van der Waals surface area contributed by atoms with Crippen molar-refractivity contribution in [2.75, 3.05) is 0 Å². The molecule has 1 atom stereocenters. The second-order valence-corrected chi connectivity index (χ2v) is 6.63. The predicted molar refractivity (Wildman–Crippen MR) is 100 cm³/mol. The highest BCUT2D eigenvalue weighted by atomic mass is 16.1. The van der Waals surface area contributed by atoms with E-state index in [-0.39, 0.29) is 11.9 Å². The Morgan fingerprint density at radius 3 is 2.52 bits per heavy atom. The fraction of sp³-hybridized carbons (Fsp3) is 0.350. The Morgan fingerprint density at radius 2 is 1.88 bits per heavy atom. The maximum absolute atomic E-state index is 12.7. The molecule has 1 aromatic carbocycles. The number of benzene rings is 1. The van der Waals surface area contributed by atoms with Crippen molar-refractivity contribution in [3.05, 3.63) is 52.8 Å². The average molecular weight is 336 g/mol. The first-order chi connectivity index (χ1) is 11.9. The van der Waals surface area contributed by atoms with E-state index in [1.165, 1.54) is 5.56 Å². The zero-order chi connectivity index (χ0) is 18.1. The monoisotopic (exact) mass is 336 g/mol. The molecule has 2 aromatic heterocycles. The van der Waals surface area contributed by atoms with Gasteiger partial charge in [0, 0.05) is 11.7 Å². The molecular formula is C20H24N4O. The number of nitrogens with zero attached hydrogens (tertiary/aromatic N) is 3. The number of amides is 1. The van der Waals surface area contributed by atoms with Crippen LogP contribution >= 0.6 is 0 Å². The third-order valence-corrected chi connectivity index (χ3v) is 4.45. The number of hydrogen-bond donors (Lipinski definition) is 1. The molecule has 5 nitrogen and oxygen atoms in total. The highest BCUT2D eigenvalue weighted by Gasteiger charge is 2.20. The van der Waals surface area contributed by atoms with E-state index >= 15 is 0 Å². The SMILES string of the molecule is CC[C@@H](C)NC(=O)c1cc(C)nc2c1c(C)nn2-c1ccc(C)cc1. The zero-order valence-corrected chi connectivity index (χ0v) is 15.4. The summed E-state index contributed by atoms with van der Waals surface area (Å²) >= 11 is 0. The molecule has 1 amide bonds. The highest BCUT2D eigenvalue weighted by Crippen LogP contribution is 2.25. The molecule has 0 unspecified atom stereocenters. The molecule has 1 N–H and O–H groups in total. The zero-order valence-electron chi connectivity index (χ0n) is 15.4. The highest BCUT2D eigenvalue weighted by molar-refractivity contribution is 6.06. The molecule has 0 bridgehead atoms. The molecule has 2 heterocycles. The standard InChI is InChI=1S/C20H24N4O/c1-6-13(3)22-20(25)17-11-14(4)21-19-18(17)15(5)23-24(19)16-9-7-12(2)8-10-16/h7-11,13H,6H2,1-5H3,(H,22,25)/t13-/m1/s1. The third kappa shape index (κ3) is 3.27. The summed E-state index contributed by atoms with van der Waals surface area (Å²) in [7, 11) is 0. The summed E-state index contributed by atoms with van der Waals surface area (Å²) in [5.41, 5.74) is 5.09. The van der Waals surface area contributed by atoms with Crippen LogP contribution in [0, 0.1) is 20.8 Å². The molecule has 0 fully saturated rings. The van der Waals surface area contributed by atoms with Gasteiger partial charge in [-0.05, 0) is 52.3 Å². The Labute approximate surface area is 148 Å². The molecule has 130 valence electrons. The summed E-state index contributed by atoms with van der Waals surface area (Å²) in [4.78, 5) is 17.4. The normalized spacial score (nSPS) is 12.4. The fourth-order valence-corrected chi connectivity index (χ4v) is 2.86. The number of aromatic nitrogens is 3. The van der Waals surface area contributed by atoms with Crippen LogP contribution in [0.3, 0.4) is 0 Å². The van der Waals surface area contributed by atoms with Gasteiger partial charge in [0.1, 0.15) is 0 Å². The lowest BCUT2D eigenvalue weighted by Crippen LogP contribution is -2.32. The number of aryl methyl sites for hydroxylation is 3. The second-order valence-electron chi connectivity index (χ2n) is 6.63. The molecule has 0 saturated carbocycles. The lowest BCUT2D eigenvalue weighted by atomic mass is 10.1. The minimum Gasteiger partial charge on any atom is -0.350 e. The number of nitrogens with one attached hydrogen (secondary N) is 1. The van der Waals surface area contributed by atoms with Crippen molar-refractivity contribution in [3.63, 3.8) is 0 Å². The van der Waals surface area contributed by atoms with Crippen LogP contribution < -0.4 is 5.32 Å². The minimum absolute atomic E-state index is 0.0728. The molecular weight excluding hydrogens is 312 g/mol. The Morgan fingerprint density at radius 1 is 1.20 bits per heavy atom. The van der Waals surface area contributed by atoms with Crippen molar-refractivity contribution in [3.8, 4) is 5.69 Å². The Hall–Kier alpha value is -2.69. The number of rotatable bonds is 4. The maximum Gasteiger partial charge on any atom is 0.252 e. The third-order valence-electron chi connectivity index (χ3n) is 4.45. The van der Waals surface area contributed by atoms with E-state index in [1.807, 2.05) is 55.8 Å². The van der Waals surface area contributed by atoms with Crippen LogP contribution in [-0.4, -0.2) is 26.7 Å². The van der Waals surface area contributed by atoms with Gasteiger partial charge in [-0.15, -0.1) is 0 Å². The first kappa shape index (κ1) is 17.1. The molecule has 0 radical (unpaired) electrons. The summed E-state index contributed by atoms with van der Waals surface area (Å²) in [6.07, 6.45) is 0.889. The summed E-state index contributed by atoms with van der Waals surface area (Å²) in [5, 5.41) is 8.50. The first-order valence-electron chi connectivity index (χ1n) is 8.65. The number of fused-ring (bicyclic) bond motifs is 1. The number of hydrogen-bond acceptors (Lipinski definition) is 3. The number of pyridine rings is 1. The smallest absolute Gasteiger partial charge is 0.252 e. The van der Waals surface area contributed by atoms with Crippen molar-refractivity contribution in [1.82, 2.24) is 20.1 Å². The Kier molecular flexibility index (Phi) is 4.57. The predicted octanol–water partition coefficient (Wildman–Crippen LogP) is 3.87. The van der Waals surface area contributed by atoms with Crippen LogP contribution in [-0.2, 0) is 0 Å². The summed E-state index contributed by atoms with van der Waals surface area (Å²) < 4.78 is 1.82. The molecule has 3 rings (SSSR count). The Bertz CT molecular complexity index is 925. The van der Waals surface area contributed by atoms with Crippen LogP contribution in [0.4, 0.5) is 0 Å². The average Bonchev–Trinajstić information content (AvgIpc) is 2.91. The molecule has 0 aliphatic rings. The van der Waals surface area contributed by atoms with E-state index in [0.29, 0.717) is 5.56 Å². The van der Waals surface area contributed by atoms with Crippen molar-refractivity contribution in [1.29, 1.82) is 0 Å². The van der Waals surface area contributed by atoms with Gasteiger partial charge < -0.3 is 5.32 Å². The van der Waals surface area contributed by atoms with Crippen LogP contribution in [0.5, 0.6) is 0 Å². The van der Waals surface area contributed by atoms with Crippen molar-refractivity contribution in [2.45, 2.75) is 47.1 Å². The molecule has 5 heteroatoms. The summed E-state index contributed by atoms with van der Waals surface area (Å²) in [6, 6.07) is 10.1. The maximum atomic E-state index is 12.7. The van der Waals surface area contributed by atoms with Crippen LogP contribution in [0.2, 0.25) is 0 Å². The van der Waals surface area contributed by atoms with Gasteiger partial charge >= 0.3 is 0 Å². The first-order valence-corrected chi connectivity index (χ1v) is 8.65. The van der Waals surface area contributed by atoms with Crippen LogP contribution in [0.1, 0.15) is 47.6 Å². The van der Waals surface area contributed by atoms with E-state index in [1.54, 1.807) is 0 Å². The molecule has 3 aromatic rings. The lowest BCUT2D eigenvalue weighted by Gasteiger charge is -2.12. The van der Waals surface area contributed by atoms with E-state index in [4.69, 9.17) is 0 Å². The van der Waals surface area contributed by atoms with E-state index in [9.17, 15) is 4.79 Å². The van der Waals surface area contributed by atoms with Crippen molar-refractivity contribution in [2.24, 2.45) is 0 Å². The van der Waals surface area contributed by atoms with Gasteiger partial charge in [-0.1, -0.05) is 24.6 Å². The van der Waals surface area contributed by atoms with Gasteiger partial charge in [0.25, 0.3) is 5.91 Å². The van der Waals surface area contributed by atoms with Gasteiger partial charge in [0.15, 0.2) is 5.65 Å². The quantitative estimate of drug-likeness (QED) is 0.786. The van der Waals surface area contributed by atoms with E-state index in [0.717, 1.165) is 34.5 Å². The molecule has 25 heavy (non-hydrogen) atoms. The number of carbonyl (C=O) groups excluding carboxylic acids is 1. The van der Waals surface area contributed by atoms with E-state index in [2.05, 4.69) is 29.2 Å². The molecule has 0 aliphatic heterocycles. The number of carbonyl (C=O) groups is 1. The lowest BCUT2D eigenvalue weighted by molar-refractivity contribution is 0.0940. The molecule has 0 spiro atoms. The van der Waals surface area contributed by atoms with Gasteiger partial charge in [-0.3, -0.25) is 4.79 Å². The topological polar surface area (TPSA) is 59.8 Å².